The van der Waals surface area contributed by atoms with E-state index in [4.69, 9.17) is 11.6 Å². The molecule has 0 saturated carbocycles. The molecule has 0 heterocycles. The van der Waals surface area contributed by atoms with Crippen molar-refractivity contribution in [2.45, 2.75) is 6.92 Å². The molecule has 0 spiro atoms. The number of hydrogen-bond donors (Lipinski definition) is 1. The van der Waals surface area contributed by atoms with Crippen molar-refractivity contribution < 1.29 is 4.39 Å². The molecule has 0 fully saturated rings. The van der Waals surface area contributed by atoms with Crippen LogP contribution in [0.2, 0.25) is 5.02 Å². The Bertz CT molecular complexity index is 293. The van der Waals surface area contributed by atoms with Crippen molar-refractivity contribution in [3.8, 4) is 0 Å². The van der Waals surface area contributed by atoms with Gasteiger partial charge < -0.3 is 5.32 Å². The summed E-state index contributed by atoms with van der Waals surface area (Å²) in [7, 11) is 0. The van der Waals surface area contributed by atoms with Crippen LogP contribution in [0.5, 0.6) is 0 Å². The summed E-state index contributed by atoms with van der Waals surface area (Å²) in [5.41, 5.74) is 0.481. The first kappa shape index (κ1) is 11.7. The van der Waals surface area contributed by atoms with E-state index in [2.05, 4.69) is 12.2 Å². The number of nitrogens with one attached hydrogen (secondary N) is 1. The Morgan fingerprint density at radius 3 is 3.00 bits per heavy atom. The standard InChI is InChI=1S/C10H13ClFNS/c1-2-14-6-5-13-10-7-8(11)3-4-9(10)12/h3-4,7,13H,2,5-6H2,1H3. The zero-order chi connectivity index (χ0) is 10.4. The molecule has 1 aromatic carbocycles. The molecule has 14 heavy (non-hydrogen) atoms. The molecule has 0 saturated heterocycles. The van der Waals surface area contributed by atoms with E-state index in [-0.39, 0.29) is 5.82 Å². The third-order valence-corrected chi connectivity index (χ3v) is 2.83. The highest BCUT2D eigenvalue weighted by atomic mass is 35.5. The van der Waals surface area contributed by atoms with Gasteiger partial charge in [0.05, 0.1) is 5.69 Å². The fraction of sp³-hybridized carbons (Fsp3) is 0.400. The van der Waals surface area contributed by atoms with Crippen LogP contribution < -0.4 is 5.32 Å². The molecule has 0 amide bonds. The lowest BCUT2D eigenvalue weighted by Gasteiger charge is -2.06. The first-order chi connectivity index (χ1) is 6.74. The van der Waals surface area contributed by atoms with Crippen LogP contribution in [0.3, 0.4) is 0 Å². The third-order valence-electron chi connectivity index (χ3n) is 1.69. The quantitative estimate of drug-likeness (QED) is 0.780. The SMILES string of the molecule is CCSCCNc1cc(Cl)ccc1F. The summed E-state index contributed by atoms with van der Waals surface area (Å²) in [6.07, 6.45) is 0. The van der Waals surface area contributed by atoms with E-state index in [0.29, 0.717) is 10.7 Å². The predicted octanol–water partition coefficient (Wildman–Crippen LogP) is 3.64. The number of thioether (sulfide) groups is 1. The van der Waals surface area contributed by atoms with Crippen molar-refractivity contribution in [1.29, 1.82) is 0 Å². The maximum Gasteiger partial charge on any atom is 0.146 e. The van der Waals surface area contributed by atoms with Gasteiger partial charge in [-0.2, -0.15) is 11.8 Å². The number of anilines is 1. The number of hydrogen-bond acceptors (Lipinski definition) is 2. The van der Waals surface area contributed by atoms with Crippen LogP contribution in [0.25, 0.3) is 0 Å². The Morgan fingerprint density at radius 1 is 1.50 bits per heavy atom. The molecule has 4 heteroatoms. The summed E-state index contributed by atoms with van der Waals surface area (Å²) < 4.78 is 13.2. The van der Waals surface area contributed by atoms with Crippen LogP contribution in [-0.4, -0.2) is 18.1 Å². The minimum atomic E-state index is -0.254. The van der Waals surface area contributed by atoms with Crippen LogP contribution in [0.15, 0.2) is 18.2 Å². The van der Waals surface area contributed by atoms with Gasteiger partial charge in [-0.3, -0.25) is 0 Å². The maximum atomic E-state index is 13.2. The van der Waals surface area contributed by atoms with Crippen molar-refractivity contribution in [2.24, 2.45) is 0 Å². The van der Waals surface area contributed by atoms with Crippen molar-refractivity contribution in [3.63, 3.8) is 0 Å². The first-order valence-corrected chi connectivity index (χ1v) is 6.04. The molecule has 1 N–H and O–H groups in total. The van der Waals surface area contributed by atoms with E-state index in [1.165, 1.54) is 6.07 Å². The monoisotopic (exact) mass is 233 g/mol. The fourth-order valence-corrected chi connectivity index (χ4v) is 1.74. The summed E-state index contributed by atoms with van der Waals surface area (Å²) in [5, 5.41) is 3.56. The van der Waals surface area contributed by atoms with Crippen molar-refractivity contribution in [1.82, 2.24) is 0 Å². The zero-order valence-electron chi connectivity index (χ0n) is 8.02. The summed E-state index contributed by atoms with van der Waals surface area (Å²) >= 11 is 7.56. The second-order valence-electron chi connectivity index (χ2n) is 2.75. The summed E-state index contributed by atoms with van der Waals surface area (Å²) in [5.74, 6) is 1.80. The normalized spacial score (nSPS) is 10.2. The number of benzene rings is 1. The van der Waals surface area contributed by atoms with Gasteiger partial charge in [-0.1, -0.05) is 18.5 Å². The number of halogens is 2. The Hall–Kier alpha value is -0.410. The molecular formula is C10H13ClFNS. The van der Waals surface area contributed by atoms with Crippen molar-refractivity contribution >= 4 is 29.1 Å². The summed E-state index contributed by atoms with van der Waals surface area (Å²) in [4.78, 5) is 0. The Morgan fingerprint density at radius 2 is 2.29 bits per heavy atom. The van der Waals surface area contributed by atoms with Gasteiger partial charge in [0.2, 0.25) is 0 Å². The molecule has 0 aliphatic rings. The van der Waals surface area contributed by atoms with E-state index in [0.717, 1.165) is 18.1 Å². The van der Waals surface area contributed by atoms with Gasteiger partial charge in [0.25, 0.3) is 0 Å². The van der Waals surface area contributed by atoms with E-state index in [1.54, 1.807) is 12.1 Å². The van der Waals surface area contributed by atoms with E-state index in [1.807, 2.05) is 11.8 Å². The molecule has 0 radical (unpaired) electrons. The van der Waals surface area contributed by atoms with Crippen LogP contribution in [0.4, 0.5) is 10.1 Å². The second-order valence-corrected chi connectivity index (χ2v) is 4.58. The molecule has 0 unspecified atom stereocenters. The zero-order valence-corrected chi connectivity index (χ0v) is 9.59. The summed E-state index contributed by atoms with van der Waals surface area (Å²) in [6, 6.07) is 4.52. The molecular weight excluding hydrogens is 221 g/mol. The molecule has 0 aromatic heterocycles. The first-order valence-electron chi connectivity index (χ1n) is 4.50. The third kappa shape index (κ3) is 3.76. The lowest BCUT2D eigenvalue weighted by atomic mass is 10.3. The molecule has 0 aliphatic heterocycles. The highest BCUT2D eigenvalue weighted by Gasteiger charge is 2.01. The van der Waals surface area contributed by atoms with Crippen LogP contribution in [-0.2, 0) is 0 Å². The molecule has 0 atom stereocenters. The highest BCUT2D eigenvalue weighted by Crippen LogP contribution is 2.19. The predicted molar refractivity (Wildman–Crippen MR) is 62.9 cm³/mol. The van der Waals surface area contributed by atoms with Crippen LogP contribution in [0.1, 0.15) is 6.92 Å². The lowest BCUT2D eigenvalue weighted by Crippen LogP contribution is -2.05. The Kier molecular flexibility index (Phi) is 5.12. The van der Waals surface area contributed by atoms with Gasteiger partial charge in [-0.05, 0) is 24.0 Å². The molecule has 0 bridgehead atoms. The van der Waals surface area contributed by atoms with Gasteiger partial charge in [-0.25, -0.2) is 4.39 Å². The molecule has 1 nitrogen and oxygen atoms in total. The Balaban J connectivity index is 2.45. The van der Waals surface area contributed by atoms with Crippen molar-refractivity contribution in [2.75, 3.05) is 23.4 Å². The fourth-order valence-electron chi connectivity index (χ4n) is 1.04. The van der Waals surface area contributed by atoms with E-state index >= 15 is 0 Å². The molecule has 78 valence electrons. The Labute approximate surface area is 93.0 Å². The van der Waals surface area contributed by atoms with Crippen LogP contribution in [0, 0.1) is 5.82 Å². The van der Waals surface area contributed by atoms with Gasteiger partial charge in [0, 0.05) is 17.3 Å². The number of rotatable bonds is 5. The second kappa shape index (κ2) is 6.14. The molecule has 1 rings (SSSR count). The smallest absolute Gasteiger partial charge is 0.146 e. The minimum absolute atomic E-state index is 0.254. The topological polar surface area (TPSA) is 12.0 Å². The highest BCUT2D eigenvalue weighted by molar-refractivity contribution is 7.99. The lowest BCUT2D eigenvalue weighted by molar-refractivity contribution is 0.630. The van der Waals surface area contributed by atoms with E-state index < -0.39 is 0 Å². The minimum Gasteiger partial charge on any atom is -0.382 e. The van der Waals surface area contributed by atoms with Crippen molar-refractivity contribution in [3.05, 3.63) is 29.0 Å². The average Bonchev–Trinajstić information content (AvgIpc) is 2.18. The average molecular weight is 234 g/mol. The molecule has 1 aromatic rings. The van der Waals surface area contributed by atoms with Crippen LogP contribution >= 0.6 is 23.4 Å². The molecule has 0 aliphatic carbocycles. The van der Waals surface area contributed by atoms with Gasteiger partial charge in [0.1, 0.15) is 5.82 Å². The largest absolute Gasteiger partial charge is 0.382 e. The van der Waals surface area contributed by atoms with Gasteiger partial charge >= 0.3 is 0 Å². The van der Waals surface area contributed by atoms with E-state index in [9.17, 15) is 4.39 Å². The summed E-state index contributed by atoms with van der Waals surface area (Å²) in [6.45, 7) is 2.86. The maximum absolute atomic E-state index is 13.2. The van der Waals surface area contributed by atoms with Gasteiger partial charge in [0.15, 0.2) is 0 Å². The van der Waals surface area contributed by atoms with Gasteiger partial charge in [-0.15, -0.1) is 0 Å².